The Balaban J connectivity index is 5.49. The minimum absolute atomic E-state index is 0.0742. The predicted octanol–water partition coefficient (Wildman–Crippen LogP) is -3.72. The first-order valence-electron chi connectivity index (χ1n) is 11.8. The summed E-state index contributed by atoms with van der Waals surface area (Å²) in [7, 11) is 0. The number of carbonyl (C=O) groups excluding carboxylic acids is 3. The fourth-order valence-corrected chi connectivity index (χ4v) is 3.14. The summed E-state index contributed by atoms with van der Waals surface area (Å²) in [5.41, 5.74) is 21.8. The molecule has 0 aliphatic carbocycles. The molecule has 0 spiro atoms. The number of amides is 3. The average molecular weight is 533 g/mol. The molecule has 0 aromatic carbocycles. The molecule has 37 heavy (non-hydrogen) atoms. The Labute approximate surface area is 214 Å². The van der Waals surface area contributed by atoms with Gasteiger partial charge in [0.05, 0.1) is 12.1 Å². The maximum Gasteiger partial charge on any atom is 0.328 e. The van der Waals surface area contributed by atoms with Crippen LogP contribution < -0.4 is 38.9 Å². The number of hydrogen-bond donors (Lipinski definition) is 10. The zero-order valence-corrected chi connectivity index (χ0v) is 20.9. The highest BCUT2D eigenvalue weighted by Gasteiger charge is 2.31. The van der Waals surface area contributed by atoms with E-state index in [2.05, 4.69) is 20.9 Å². The van der Waals surface area contributed by atoms with E-state index < -0.39 is 66.4 Å². The fraction of sp³-hybridized carbons (Fsp3) is 0.714. The number of nitrogens with two attached hydrogens (primary N) is 4. The molecule has 0 rings (SSSR count). The van der Waals surface area contributed by atoms with Crippen molar-refractivity contribution in [2.24, 2.45) is 27.9 Å². The van der Waals surface area contributed by atoms with Gasteiger partial charge in [-0.3, -0.25) is 24.2 Å². The summed E-state index contributed by atoms with van der Waals surface area (Å²) < 4.78 is 0. The molecule has 5 atom stereocenters. The maximum atomic E-state index is 13.0. The summed E-state index contributed by atoms with van der Waals surface area (Å²) in [6.45, 7) is 1.72. The van der Waals surface area contributed by atoms with Crippen LogP contribution in [0.1, 0.15) is 51.9 Å². The monoisotopic (exact) mass is 532 g/mol. The molecule has 0 aliphatic heterocycles. The molecule has 0 saturated carbocycles. The molecule has 212 valence electrons. The fourth-order valence-electron chi connectivity index (χ4n) is 3.14. The van der Waals surface area contributed by atoms with Gasteiger partial charge in [0.2, 0.25) is 17.7 Å². The molecule has 16 nitrogen and oxygen atoms in total. The van der Waals surface area contributed by atoms with Crippen LogP contribution >= 0.6 is 0 Å². The second-order valence-corrected chi connectivity index (χ2v) is 8.46. The number of unbranched alkanes of at least 4 members (excludes halogenated alkanes) is 1. The van der Waals surface area contributed by atoms with Gasteiger partial charge in [0.15, 0.2) is 12.0 Å². The Morgan fingerprint density at radius 3 is 1.92 bits per heavy atom. The van der Waals surface area contributed by atoms with Crippen LogP contribution in [0.15, 0.2) is 4.99 Å². The quantitative estimate of drug-likeness (QED) is 0.0436. The lowest BCUT2D eigenvalue weighted by Gasteiger charge is -2.25. The van der Waals surface area contributed by atoms with Crippen molar-refractivity contribution in [3.05, 3.63) is 0 Å². The molecular formula is C21H40N8O8. The third kappa shape index (κ3) is 14.6. The smallest absolute Gasteiger partial charge is 0.328 e. The molecule has 0 saturated heterocycles. The van der Waals surface area contributed by atoms with Crippen molar-refractivity contribution < 1.29 is 39.3 Å². The number of nitrogens with zero attached hydrogens (tertiary/aromatic N) is 1. The summed E-state index contributed by atoms with van der Waals surface area (Å²) in [4.78, 5) is 64.4. The van der Waals surface area contributed by atoms with Gasteiger partial charge in [0.25, 0.3) is 0 Å². The van der Waals surface area contributed by atoms with Crippen molar-refractivity contribution in [1.29, 1.82) is 0 Å². The zero-order valence-electron chi connectivity index (χ0n) is 20.9. The van der Waals surface area contributed by atoms with Crippen molar-refractivity contribution in [2.45, 2.75) is 82.1 Å². The molecule has 0 aromatic heterocycles. The molecule has 0 fully saturated rings. The van der Waals surface area contributed by atoms with Gasteiger partial charge in [-0.25, -0.2) is 4.79 Å². The third-order valence-electron chi connectivity index (χ3n) is 5.21. The predicted molar refractivity (Wildman–Crippen MR) is 133 cm³/mol. The van der Waals surface area contributed by atoms with Crippen LogP contribution in [0, 0.1) is 0 Å². The number of nitrogens with one attached hydrogen (secondary N) is 3. The standard InChI is InChI=1S/C21H40N8O8/c1-11(30)16(20(36)37)29-19(35)13(6-2-3-9-22)28-18(34)14(7-8-15(31)32)27-17(33)12(23)5-4-10-26-21(24)25/h11-14,16,30H,2-10,22-23H2,1H3,(H,27,33)(H,28,34)(H,29,35)(H,31,32)(H,36,37)(H4,24,25,26). The third-order valence-corrected chi connectivity index (χ3v) is 5.21. The van der Waals surface area contributed by atoms with Gasteiger partial charge in [-0.2, -0.15) is 0 Å². The van der Waals surface area contributed by atoms with Crippen molar-refractivity contribution in [2.75, 3.05) is 13.1 Å². The second-order valence-electron chi connectivity index (χ2n) is 8.46. The van der Waals surface area contributed by atoms with Gasteiger partial charge in [0, 0.05) is 13.0 Å². The molecule has 0 radical (unpaired) electrons. The van der Waals surface area contributed by atoms with Crippen LogP contribution in [0.3, 0.4) is 0 Å². The van der Waals surface area contributed by atoms with E-state index in [1.165, 1.54) is 6.92 Å². The molecule has 5 unspecified atom stereocenters. The van der Waals surface area contributed by atoms with E-state index in [0.717, 1.165) is 0 Å². The van der Waals surface area contributed by atoms with E-state index in [1.807, 2.05) is 0 Å². The number of aliphatic hydroxyl groups excluding tert-OH is 1. The maximum absolute atomic E-state index is 13.0. The van der Waals surface area contributed by atoms with Gasteiger partial charge in [-0.15, -0.1) is 0 Å². The van der Waals surface area contributed by atoms with Crippen LogP contribution in [-0.4, -0.2) is 94.3 Å². The van der Waals surface area contributed by atoms with E-state index >= 15 is 0 Å². The summed E-state index contributed by atoms with van der Waals surface area (Å²) in [6.07, 6.45) is -0.656. The molecule has 14 N–H and O–H groups in total. The van der Waals surface area contributed by atoms with E-state index in [0.29, 0.717) is 25.8 Å². The van der Waals surface area contributed by atoms with E-state index in [-0.39, 0.29) is 31.8 Å². The largest absolute Gasteiger partial charge is 0.481 e. The molecule has 0 aromatic rings. The number of aliphatic hydroxyl groups is 1. The minimum Gasteiger partial charge on any atom is -0.481 e. The Morgan fingerprint density at radius 1 is 0.838 bits per heavy atom. The van der Waals surface area contributed by atoms with Crippen LogP contribution in [0.25, 0.3) is 0 Å². The van der Waals surface area contributed by atoms with Gasteiger partial charge in [-0.05, 0) is 52.0 Å². The Morgan fingerprint density at radius 2 is 1.41 bits per heavy atom. The SMILES string of the molecule is CC(O)C(NC(=O)C(CCCCN)NC(=O)C(CCC(=O)O)NC(=O)C(N)CCCN=C(N)N)C(=O)O. The van der Waals surface area contributed by atoms with Crippen LogP contribution in [0.5, 0.6) is 0 Å². The minimum atomic E-state index is -1.62. The highest BCUT2D eigenvalue weighted by Crippen LogP contribution is 2.07. The number of aliphatic carboxylic acids is 2. The first-order valence-corrected chi connectivity index (χ1v) is 11.8. The van der Waals surface area contributed by atoms with E-state index in [4.69, 9.17) is 28.0 Å². The number of carboxylic acids is 2. The van der Waals surface area contributed by atoms with Gasteiger partial charge in [0.1, 0.15) is 12.1 Å². The van der Waals surface area contributed by atoms with Gasteiger partial charge in [-0.1, -0.05) is 0 Å². The Kier molecular flexibility index (Phi) is 16.2. The van der Waals surface area contributed by atoms with E-state index in [9.17, 15) is 34.2 Å². The van der Waals surface area contributed by atoms with Crippen molar-refractivity contribution in [1.82, 2.24) is 16.0 Å². The summed E-state index contributed by atoms with van der Waals surface area (Å²) in [5.74, 6) is -5.27. The number of rotatable bonds is 19. The Bertz CT molecular complexity index is 803. The number of carboxylic acid groups (broad SMARTS) is 2. The average Bonchev–Trinajstić information content (AvgIpc) is 2.80. The zero-order chi connectivity index (χ0) is 28.5. The van der Waals surface area contributed by atoms with E-state index in [1.54, 1.807) is 0 Å². The number of hydrogen-bond acceptors (Lipinski definition) is 9. The topological polar surface area (TPSA) is 299 Å². The molecule has 3 amide bonds. The lowest BCUT2D eigenvalue weighted by molar-refractivity contribution is -0.145. The summed E-state index contributed by atoms with van der Waals surface area (Å²) >= 11 is 0. The normalized spacial score (nSPS) is 14.8. The summed E-state index contributed by atoms with van der Waals surface area (Å²) in [6, 6.07) is -5.25. The second kappa shape index (κ2) is 17.9. The number of carbonyl (C=O) groups is 5. The molecular weight excluding hydrogens is 492 g/mol. The number of aliphatic imine (C=N–C) groups is 1. The molecule has 0 heterocycles. The van der Waals surface area contributed by atoms with Crippen molar-refractivity contribution in [3.63, 3.8) is 0 Å². The van der Waals surface area contributed by atoms with Crippen LogP contribution in [-0.2, 0) is 24.0 Å². The number of guanidine groups is 1. The first kappa shape index (κ1) is 33.5. The van der Waals surface area contributed by atoms with Gasteiger partial charge >= 0.3 is 11.9 Å². The lowest BCUT2D eigenvalue weighted by atomic mass is 10.0. The van der Waals surface area contributed by atoms with Crippen molar-refractivity contribution in [3.8, 4) is 0 Å². The van der Waals surface area contributed by atoms with Crippen molar-refractivity contribution >= 4 is 35.6 Å². The Hall–Kier alpha value is -3.50. The highest BCUT2D eigenvalue weighted by atomic mass is 16.4. The molecule has 16 heteroatoms. The molecule has 0 bridgehead atoms. The van der Waals surface area contributed by atoms with Crippen LogP contribution in [0.4, 0.5) is 0 Å². The summed E-state index contributed by atoms with van der Waals surface area (Å²) in [5, 5.41) is 34.9. The first-order chi connectivity index (χ1) is 17.3. The molecule has 0 aliphatic rings. The highest BCUT2D eigenvalue weighted by molar-refractivity contribution is 5.94. The van der Waals surface area contributed by atoms with Gasteiger partial charge < -0.3 is 54.2 Å². The lowest BCUT2D eigenvalue weighted by Crippen LogP contribution is -2.58. The van der Waals surface area contributed by atoms with Crippen LogP contribution in [0.2, 0.25) is 0 Å².